The van der Waals surface area contributed by atoms with Gasteiger partial charge in [0, 0.05) is 46.9 Å². The molecule has 2 aromatic heterocycles. The van der Waals surface area contributed by atoms with E-state index in [0.717, 1.165) is 28.4 Å². The quantitative estimate of drug-likeness (QED) is 0.251. The van der Waals surface area contributed by atoms with Gasteiger partial charge in [-0.3, -0.25) is 4.99 Å². The van der Waals surface area contributed by atoms with E-state index < -0.39 is 0 Å². The number of aryl methyl sites for hydroxylation is 1. The number of ether oxygens (including phenoxy) is 1. The molecule has 0 saturated carbocycles. The summed E-state index contributed by atoms with van der Waals surface area (Å²) in [5.41, 5.74) is 7.25. The van der Waals surface area contributed by atoms with Gasteiger partial charge in [0.2, 0.25) is 0 Å². The van der Waals surface area contributed by atoms with E-state index in [4.69, 9.17) is 9.73 Å². The van der Waals surface area contributed by atoms with Crippen LogP contribution in [0.3, 0.4) is 0 Å². The molecule has 35 heavy (non-hydrogen) atoms. The highest BCUT2D eigenvalue weighted by molar-refractivity contribution is 7.11. The third kappa shape index (κ3) is 4.22. The third-order valence-corrected chi connectivity index (χ3v) is 7.46. The molecule has 3 aromatic carbocycles. The van der Waals surface area contributed by atoms with Crippen molar-refractivity contribution in [2.24, 2.45) is 4.99 Å². The lowest BCUT2D eigenvalue weighted by atomic mass is 9.82. The molecular weight excluding hydrogens is 448 g/mol. The van der Waals surface area contributed by atoms with Gasteiger partial charge in [-0.25, -0.2) is 0 Å². The number of para-hydroxylation sites is 2. The minimum Gasteiger partial charge on any atom is -0.455 e. The van der Waals surface area contributed by atoms with E-state index in [2.05, 4.69) is 102 Å². The van der Waals surface area contributed by atoms with Crippen molar-refractivity contribution in [1.82, 2.24) is 4.98 Å². The second kappa shape index (κ2) is 9.40. The highest BCUT2D eigenvalue weighted by Gasteiger charge is 2.31. The van der Waals surface area contributed by atoms with Crippen LogP contribution in [-0.4, -0.2) is 17.7 Å². The first-order valence-corrected chi connectivity index (χ1v) is 12.8. The van der Waals surface area contributed by atoms with E-state index in [9.17, 15) is 0 Å². The number of benzene rings is 3. The molecule has 0 aliphatic carbocycles. The lowest BCUT2D eigenvalue weighted by Gasteiger charge is -2.29. The smallest absolute Gasteiger partial charge is 0.150 e. The zero-order valence-electron chi connectivity index (χ0n) is 19.6. The lowest BCUT2D eigenvalue weighted by Crippen LogP contribution is -2.17. The molecule has 1 atom stereocenters. The number of fused-ring (bicyclic) bond motifs is 2. The highest BCUT2D eigenvalue weighted by Crippen LogP contribution is 2.45. The van der Waals surface area contributed by atoms with Crippen molar-refractivity contribution in [3.05, 3.63) is 129 Å². The summed E-state index contributed by atoms with van der Waals surface area (Å²) >= 11 is 1.70. The predicted molar refractivity (Wildman–Crippen MR) is 147 cm³/mol. The number of hydrogen-bond acceptors (Lipinski definition) is 3. The fourth-order valence-electron chi connectivity index (χ4n) is 4.82. The maximum atomic E-state index is 6.52. The number of allylic oxidation sites excluding steroid dienone is 1. The molecule has 1 N–H and O–H groups in total. The first-order valence-electron chi connectivity index (χ1n) is 11.9. The van der Waals surface area contributed by atoms with Crippen molar-refractivity contribution in [2.75, 3.05) is 6.54 Å². The summed E-state index contributed by atoms with van der Waals surface area (Å²) in [7, 11) is 0. The number of nitrogens with one attached hydrogen (secondary N) is 1. The van der Waals surface area contributed by atoms with Gasteiger partial charge in [-0.2, -0.15) is 0 Å². The Balaban J connectivity index is 1.39. The normalized spacial score (nSPS) is 15.5. The molecule has 1 unspecified atom stereocenters. The van der Waals surface area contributed by atoms with Crippen LogP contribution < -0.4 is 4.74 Å². The molecule has 0 fully saturated rings. The van der Waals surface area contributed by atoms with Crippen LogP contribution in [0.25, 0.3) is 16.7 Å². The van der Waals surface area contributed by atoms with Gasteiger partial charge in [0.1, 0.15) is 11.5 Å². The molecule has 3 nitrogen and oxygen atoms in total. The molecule has 0 spiro atoms. The standard InChI is InChI=1S/C31H26N2OS/c1-21-12-14-22(15-13-21)30-25-8-3-5-10-28(25)34-31(29-11-6-18-35-29)26(30)20-32-17-16-23-19-33-27-9-4-2-7-24(23)27/h2-15,18-20,30,33H,16-17H2,1H3. The maximum absolute atomic E-state index is 6.52. The number of H-pyrrole nitrogens is 1. The topological polar surface area (TPSA) is 37.4 Å². The van der Waals surface area contributed by atoms with Crippen molar-refractivity contribution in [3.63, 3.8) is 0 Å². The van der Waals surface area contributed by atoms with E-state index in [0.29, 0.717) is 6.54 Å². The van der Waals surface area contributed by atoms with Crippen LogP contribution in [0.5, 0.6) is 5.75 Å². The van der Waals surface area contributed by atoms with Gasteiger partial charge in [-0.1, -0.05) is 72.3 Å². The van der Waals surface area contributed by atoms with Crippen LogP contribution in [0.2, 0.25) is 0 Å². The van der Waals surface area contributed by atoms with Crippen molar-refractivity contribution >= 4 is 34.2 Å². The van der Waals surface area contributed by atoms with Gasteiger partial charge in [0.15, 0.2) is 0 Å². The summed E-state index contributed by atoms with van der Waals surface area (Å²) in [5.74, 6) is 1.88. The van der Waals surface area contributed by atoms with E-state index in [1.165, 1.54) is 33.2 Å². The molecule has 4 heteroatoms. The van der Waals surface area contributed by atoms with Gasteiger partial charge >= 0.3 is 0 Å². The summed E-state index contributed by atoms with van der Waals surface area (Å²) in [5, 5.41) is 3.37. The van der Waals surface area contributed by atoms with Gasteiger partial charge < -0.3 is 9.72 Å². The predicted octanol–water partition coefficient (Wildman–Crippen LogP) is 7.79. The third-order valence-electron chi connectivity index (χ3n) is 6.59. The average molecular weight is 475 g/mol. The van der Waals surface area contributed by atoms with Gasteiger partial charge in [0.05, 0.1) is 4.88 Å². The Labute approximate surface area is 209 Å². The van der Waals surface area contributed by atoms with Crippen LogP contribution in [0.1, 0.15) is 33.0 Å². The van der Waals surface area contributed by atoms with Crippen LogP contribution in [0, 0.1) is 6.92 Å². The Morgan fingerprint density at radius 1 is 0.943 bits per heavy atom. The molecule has 1 aliphatic heterocycles. The van der Waals surface area contributed by atoms with Crippen molar-refractivity contribution in [1.29, 1.82) is 0 Å². The fourth-order valence-corrected chi connectivity index (χ4v) is 5.54. The first-order chi connectivity index (χ1) is 17.3. The maximum Gasteiger partial charge on any atom is 0.150 e. The Morgan fingerprint density at radius 3 is 2.63 bits per heavy atom. The Morgan fingerprint density at radius 2 is 1.77 bits per heavy atom. The first kappa shape index (κ1) is 21.6. The monoisotopic (exact) mass is 474 g/mol. The lowest BCUT2D eigenvalue weighted by molar-refractivity contribution is 0.490. The van der Waals surface area contributed by atoms with Crippen molar-refractivity contribution in [2.45, 2.75) is 19.3 Å². The number of aliphatic imine (C=N–C) groups is 1. The van der Waals surface area contributed by atoms with Gasteiger partial charge in [0.25, 0.3) is 0 Å². The summed E-state index contributed by atoms with van der Waals surface area (Å²) in [6, 6.07) is 29.8. The number of thiophene rings is 1. The Bertz CT molecular complexity index is 1520. The van der Waals surface area contributed by atoms with Crippen molar-refractivity contribution < 1.29 is 4.74 Å². The zero-order chi connectivity index (χ0) is 23.6. The van der Waals surface area contributed by atoms with E-state index in [1.807, 2.05) is 12.3 Å². The molecule has 1 aliphatic rings. The minimum atomic E-state index is 0.0643. The van der Waals surface area contributed by atoms with Crippen LogP contribution in [0.4, 0.5) is 0 Å². The molecule has 5 aromatic rings. The summed E-state index contributed by atoms with van der Waals surface area (Å²) in [6.45, 7) is 2.84. The fraction of sp³-hybridized carbons (Fsp3) is 0.129. The SMILES string of the molecule is Cc1ccc(C2C(C=NCCc3c[nH]c4ccccc34)=C(c3cccs3)Oc3ccccc32)cc1. The summed E-state index contributed by atoms with van der Waals surface area (Å²) < 4.78 is 6.52. The molecule has 0 radical (unpaired) electrons. The average Bonchev–Trinajstić information content (AvgIpc) is 3.57. The Kier molecular flexibility index (Phi) is 5.81. The molecule has 0 amide bonds. The minimum absolute atomic E-state index is 0.0643. The van der Waals surface area contributed by atoms with Gasteiger partial charge in [-0.15, -0.1) is 11.3 Å². The molecule has 3 heterocycles. The Hall–Kier alpha value is -3.89. The number of rotatable bonds is 6. The second-order valence-electron chi connectivity index (χ2n) is 8.89. The number of hydrogen-bond donors (Lipinski definition) is 1. The molecular formula is C31H26N2OS. The second-order valence-corrected chi connectivity index (χ2v) is 9.84. The van der Waals surface area contributed by atoms with Crippen LogP contribution in [-0.2, 0) is 6.42 Å². The van der Waals surface area contributed by atoms with E-state index >= 15 is 0 Å². The summed E-state index contributed by atoms with van der Waals surface area (Å²) in [4.78, 5) is 9.42. The number of nitrogens with zero attached hydrogens (tertiary/aromatic N) is 1. The molecule has 0 saturated heterocycles. The summed E-state index contributed by atoms with van der Waals surface area (Å²) in [6.07, 6.45) is 5.03. The van der Waals surface area contributed by atoms with Crippen LogP contribution in [0.15, 0.2) is 107 Å². The van der Waals surface area contributed by atoms with Crippen LogP contribution >= 0.6 is 11.3 Å². The number of aromatic nitrogens is 1. The molecule has 6 rings (SSSR count). The van der Waals surface area contributed by atoms with Crippen molar-refractivity contribution in [3.8, 4) is 5.75 Å². The van der Waals surface area contributed by atoms with E-state index in [-0.39, 0.29) is 5.92 Å². The number of aromatic amines is 1. The largest absolute Gasteiger partial charge is 0.455 e. The van der Waals surface area contributed by atoms with E-state index in [1.54, 1.807) is 11.3 Å². The molecule has 0 bridgehead atoms. The zero-order valence-corrected chi connectivity index (χ0v) is 20.4. The molecule has 172 valence electrons. The van der Waals surface area contributed by atoms with Gasteiger partial charge in [-0.05, 0) is 48.1 Å². The highest BCUT2D eigenvalue weighted by atomic mass is 32.1.